The number of rotatable bonds is 13. The van der Waals surface area contributed by atoms with E-state index in [-0.39, 0.29) is 29.5 Å². The molecule has 1 atom stereocenters. The van der Waals surface area contributed by atoms with Crippen LogP contribution in [0.4, 0.5) is 5.69 Å². The van der Waals surface area contributed by atoms with Crippen LogP contribution >= 0.6 is 0 Å². The molecule has 0 saturated heterocycles. The summed E-state index contributed by atoms with van der Waals surface area (Å²) < 4.78 is 35.0. The number of sulfonamides is 1. The standard InChI is InChI=1S/C35H39N3O5S/c1-5-36-35(40)32(23-28-14-7-6-8-15-28)37(24-29-16-10-9-13-27(29)3)34(39)25-38(31-17-11-12-18-33(31)43-4)44(41,42)30-21-19-26(2)20-22-30/h6-22,32H,5,23-25H2,1-4H3,(H,36,40). The van der Waals surface area contributed by atoms with Gasteiger partial charge in [-0.2, -0.15) is 0 Å². The molecule has 1 N–H and O–H groups in total. The maximum atomic E-state index is 14.5. The van der Waals surface area contributed by atoms with Crippen molar-refractivity contribution < 1.29 is 22.7 Å². The molecule has 0 radical (unpaired) electrons. The Labute approximate surface area is 260 Å². The number of hydrogen-bond acceptors (Lipinski definition) is 5. The average Bonchev–Trinajstić information content (AvgIpc) is 3.03. The van der Waals surface area contributed by atoms with Gasteiger partial charge < -0.3 is 15.0 Å². The zero-order valence-corrected chi connectivity index (χ0v) is 26.4. The van der Waals surface area contributed by atoms with Gasteiger partial charge in [0.1, 0.15) is 18.3 Å². The van der Waals surface area contributed by atoms with E-state index in [0.29, 0.717) is 12.3 Å². The first kappa shape index (κ1) is 32.3. The molecule has 0 aliphatic carbocycles. The van der Waals surface area contributed by atoms with E-state index in [1.807, 2.05) is 75.4 Å². The van der Waals surface area contributed by atoms with Gasteiger partial charge in [0, 0.05) is 19.5 Å². The zero-order valence-electron chi connectivity index (χ0n) is 25.6. The van der Waals surface area contributed by atoms with Gasteiger partial charge in [-0.3, -0.25) is 13.9 Å². The fraction of sp³-hybridized carbons (Fsp3) is 0.257. The first-order valence-corrected chi connectivity index (χ1v) is 16.0. The number of nitrogens with zero attached hydrogens (tertiary/aromatic N) is 2. The lowest BCUT2D eigenvalue weighted by Crippen LogP contribution is -2.53. The van der Waals surface area contributed by atoms with Gasteiger partial charge in [0.2, 0.25) is 11.8 Å². The molecule has 8 nitrogen and oxygen atoms in total. The van der Waals surface area contributed by atoms with Crippen molar-refractivity contribution in [2.24, 2.45) is 0 Å². The van der Waals surface area contributed by atoms with Gasteiger partial charge in [0.05, 0.1) is 17.7 Å². The van der Waals surface area contributed by atoms with Crippen molar-refractivity contribution in [1.29, 1.82) is 0 Å². The molecule has 230 valence electrons. The minimum absolute atomic E-state index is 0.0387. The third-order valence-corrected chi connectivity index (χ3v) is 9.24. The third-order valence-electron chi connectivity index (χ3n) is 7.47. The molecular weight excluding hydrogens is 574 g/mol. The zero-order chi connectivity index (χ0) is 31.7. The number of nitrogens with one attached hydrogen (secondary N) is 1. The lowest BCUT2D eigenvalue weighted by atomic mass is 10.0. The van der Waals surface area contributed by atoms with Crippen molar-refractivity contribution in [1.82, 2.24) is 10.2 Å². The fourth-order valence-corrected chi connectivity index (χ4v) is 6.43. The summed E-state index contributed by atoms with van der Waals surface area (Å²) in [5.74, 6) is -0.545. The van der Waals surface area contributed by atoms with E-state index in [1.165, 1.54) is 24.1 Å². The summed E-state index contributed by atoms with van der Waals surface area (Å²) in [6.07, 6.45) is 0.254. The van der Waals surface area contributed by atoms with E-state index >= 15 is 0 Å². The Hall–Kier alpha value is -4.63. The molecule has 4 rings (SSSR count). The molecule has 0 heterocycles. The van der Waals surface area contributed by atoms with Crippen LogP contribution in [0.2, 0.25) is 0 Å². The van der Waals surface area contributed by atoms with Crippen LogP contribution in [0.3, 0.4) is 0 Å². The Bertz CT molecular complexity index is 1670. The second-order valence-corrected chi connectivity index (χ2v) is 12.4. The van der Waals surface area contributed by atoms with E-state index in [0.717, 1.165) is 26.6 Å². The van der Waals surface area contributed by atoms with Crippen LogP contribution in [0.5, 0.6) is 5.75 Å². The molecule has 1 unspecified atom stereocenters. The molecule has 0 fully saturated rings. The van der Waals surface area contributed by atoms with Crippen molar-refractivity contribution in [3.63, 3.8) is 0 Å². The number of hydrogen-bond donors (Lipinski definition) is 1. The quantitative estimate of drug-likeness (QED) is 0.221. The molecule has 0 aliphatic heterocycles. The smallest absolute Gasteiger partial charge is 0.264 e. The number of amides is 2. The average molecular weight is 614 g/mol. The maximum absolute atomic E-state index is 14.5. The predicted octanol–water partition coefficient (Wildman–Crippen LogP) is 5.28. The van der Waals surface area contributed by atoms with E-state index in [1.54, 1.807) is 36.4 Å². The van der Waals surface area contributed by atoms with Crippen molar-refractivity contribution >= 4 is 27.5 Å². The summed E-state index contributed by atoms with van der Waals surface area (Å²) in [6.45, 7) is 5.58. The number of likely N-dealkylation sites (N-methyl/N-ethyl adjacent to an activating group) is 1. The number of carbonyl (C=O) groups is 2. The first-order chi connectivity index (χ1) is 21.1. The molecule has 44 heavy (non-hydrogen) atoms. The highest BCUT2D eigenvalue weighted by molar-refractivity contribution is 7.92. The largest absolute Gasteiger partial charge is 0.495 e. The number of ether oxygens (including phenoxy) is 1. The molecule has 0 bridgehead atoms. The van der Waals surface area contributed by atoms with Gasteiger partial charge in [0.25, 0.3) is 10.0 Å². The molecular formula is C35H39N3O5S. The molecule has 4 aromatic carbocycles. The SMILES string of the molecule is CCNC(=O)C(Cc1ccccc1)N(Cc1ccccc1C)C(=O)CN(c1ccccc1OC)S(=O)(=O)c1ccc(C)cc1. The third kappa shape index (κ3) is 7.65. The van der Waals surface area contributed by atoms with Crippen LogP contribution in [0.15, 0.2) is 108 Å². The van der Waals surface area contributed by atoms with Gasteiger partial charge in [-0.15, -0.1) is 0 Å². The highest BCUT2D eigenvalue weighted by atomic mass is 32.2. The highest BCUT2D eigenvalue weighted by Crippen LogP contribution is 2.33. The molecule has 9 heteroatoms. The van der Waals surface area contributed by atoms with E-state index in [4.69, 9.17) is 4.74 Å². The van der Waals surface area contributed by atoms with Crippen LogP contribution in [-0.4, -0.2) is 51.4 Å². The van der Waals surface area contributed by atoms with E-state index in [2.05, 4.69) is 5.32 Å². The van der Waals surface area contributed by atoms with Gasteiger partial charge in [-0.1, -0.05) is 84.4 Å². The van der Waals surface area contributed by atoms with Crippen molar-refractivity contribution in [3.05, 3.63) is 125 Å². The molecule has 2 amide bonds. The van der Waals surface area contributed by atoms with Crippen LogP contribution in [0.25, 0.3) is 0 Å². The summed E-state index contributed by atoms with van der Waals surface area (Å²) in [7, 11) is -2.77. The van der Waals surface area contributed by atoms with Crippen LogP contribution in [-0.2, 0) is 32.6 Å². The number of para-hydroxylation sites is 2. The number of anilines is 1. The Kier molecular flexibility index (Phi) is 10.8. The van der Waals surface area contributed by atoms with Gasteiger partial charge in [-0.05, 0) is 61.7 Å². The topological polar surface area (TPSA) is 96.0 Å². The number of carbonyl (C=O) groups excluding carboxylic acids is 2. The normalized spacial score (nSPS) is 11.8. The molecule has 0 saturated carbocycles. The monoisotopic (exact) mass is 613 g/mol. The fourth-order valence-electron chi connectivity index (χ4n) is 5.00. The Morgan fingerprint density at radius 1 is 0.841 bits per heavy atom. The van der Waals surface area contributed by atoms with Crippen molar-refractivity contribution in [2.75, 3.05) is 24.5 Å². The number of benzene rings is 4. The molecule has 0 aliphatic rings. The molecule has 0 aromatic heterocycles. The second-order valence-electron chi connectivity index (χ2n) is 10.5. The van der Waals surface area contributed by atoms with Gasteiger partial charge >= 0.3 is 0 Å². The highest BCUT2D eigenvalue weighted by Gasteiger charge is 2.35. The van der Waals surface area contributed by atoms with E-state index < -0.39 is 28.5 Å². The maximum Gasteiger partial charge on any atom is 0.264 e. The molecule has 0 spiro atoms. The van der Waals surface area contributed by atoms with Crippen LogP contribution in [0.1, 0.15) is 29.2 Å². The summed E-state index contributed by atoms with van der Waals surface area (Å²) in [5.41, 5.74) is 3.80. The Balaban J connectivity index is 1.83. The van der Waals surface area contributed by atoms with Crippen LogP contribution in [0, 0.1) is 13.8 Å². The minimum atomic E-state index is -4.22. The lowest BCUT2D eigenvalue weighted by molar-refractivity contribution is -0.140. The van der Waals surface area contributed by atoms with E-state index in [9.17, 15) is 18.0 Å². The Morgan fingerprint density at radius 3 is 2.14 bits per heavy atom. The minimum Gasteiger partial charge on any atom is -0.495 e. The van der Waals surface area contributed by atoms with Gasteiger partial charge in [-0.25, -0.2) is 8.42 Å². The van der Waals surface area contributed by atoms with Crippen molar-refractivity contribution in [2.45, 2.75) is 44.7 Å². The molecule has 4 aromatic rings. The van der Waals surface area contributed by atoms with Gasteiger partial charge in [0.15, 0.2) is 0 Å². The Morgan fingerprint density at radius 2 is 1.48 bits per heavy atom. The number of aryl methyl sites for hydroxylation is 2. The second kappa shape index (κ2) is 14.7. The first-order valence-electron chi connectivity index (χ1n) is 14.5. The van der Waals surface area contributed by atoms with Crippen molar-refractivity contribution in [3.8, 4) is 5.75 Å². The summed E-state index contributed by atoms with van der Waals surface area (Å²) in [6, 6.07) is 29.4. The summed E-state index contributed by atoms with van der Waals surface area (Å²) >= 11 is 0. The number of methoxy groups -OCH3 is 1. The van der Waals surface area contributed by atoms with Crippen LogP contribution < -0.4 is 14.4 Å². The summed E-state index contributed by atoms with van der Waals surface area (Å²) in [4.78, 5) is 29.7. The predicted molar refractivity (Wildman–Crippen MR) is 173 cm³/mol. The summed E-state index contributed by atoms with van der Waals surface area (Å²) in [5, 5.41) is 2.88. The lowest BCUT2D eigenvalue weighted by Gasteiger charge is -2.34.